The van der Waals surface area contributed by atoms with Crippen LogP contribution in [-0.4, -0.2) is 12.6 Å². The summed E-state index contributed by atoms with van der Waals surface area (Å²) >= 11 is 6.17. The second-order valence-corrected chi connectivity index (χ2v) is 4.44. The molecular weight excluding hydrogens is 257 g/mol. The molecule has 2 N–H and O–H groups in total. The molecule has 98 valence electrons. The van der Waals surface area contributed by atoms with E-state index in [2.05, 4.69) is 13.0 Å². The van der Waals surface area contributed by atoms with Crippen LogP contribution in [0, 0.1) is 6.92 Å². The van der Waals surface area contributed by atoms with Crippen molar-refractivity contribution in [3.8, 4) is 5.75 Å². The fourth-order valence-corrected chi connectivity index (χ4v) is 2.04. The summed E-state index contributed by atoms with van der Waals surface area (Å²) in [6.07, 6.45) is 1.84. The first-order chi connectivity index (χ1) is 7.58. The van der Waals surface area contributed by atoms with Crippen LogP contribution in [0.1, 0.15) is 31.4 Å². The molecule has 0 fully saturated rings. The van der Waals surface area contributed by atoms with Crippen molar-refractivity contribution in [1.29, 1.82) is 0 Å². The molecule has 0 radical (unpaired) electrons. The highest BCUT2D eigenvalue weighted by atomic mass is 35.5. The van der Waals surface area contributed by atoms with Crippen LogP contribution >= 0.6 is 24.0 Å². The van der Waals surface area contributed by atoms with Gasteiger partial charge in [0.1, 0.15) is 5.75 Å². The van der Waals surface area contributed by atoms with E-state index < -0.39 is 0 Å². The molecule has 1 atom stereocenters. The average molecular weight is 278 g/mol. The van der Waals surface area contributed by atoms with Crippen LogP contribution in [0.4, 0.5) is 0 Å². The lowest BCUT2D eigenvalue weighted by Gasteiger charge is -2.13. The molecule has 1 aromatic carbocycles. The summed E-state index contributed by atoms with van der Waals surface area (Å²) in [5, 5.41) is 0.681. The molecule has 17 heavy (non-hydrogen) atoms. The van der Waals surface area contributed by atoms with E-state index in [-0.39, 0.29) is 18.4 Å². The van der Waals surface area contributed by atoms with Crippen LogP contribution in [0.2, 0.25) is 5.02 Å². The Bertz CT molecular complexity index is 332. The number of nitrogens with two attached hydrogens (primary N) is 1. The Kier molecular flexibility index (Phi) is 7.60. The maximum absolute atomic E-state index is 6.17. The number of aryl methyl sites for hydroxylation is 1. The van der Waals surface area contributed by atoms with Crippen LogP contribution in [0.5, 0.6) is 5.75 Å². The molecule has 1 rings (SSSR count). The lowest BCUT2D eigenvalue weighted by molar-refractivity contribution is 0.338. The van der Waals surface area contributed by atoms with Gasteiger partial charge in [0.2, 0.25) is 0 Å². The zero-order valence-electron chi connectivity index (χ0n) is 10.6. The molecule has 0 bridgehead atoms. The van der Waals surface area contributed by atoms with Gasteiger partial charge in [0.05, 0.1) is 11.6 Å². The van der Waals surface area contributed by atoms with Gasteiger partial charge in [-0.2, -0.15) is 0 Å². The van der Waals surface area contributed by atoms with Gasteiger partial charge >= 0.3 is 0 Å². The standard InChI is InChI=1S/C13H20ClNO.ClH/c1-4-11(15)7-10-6-9(3)13(16-5-2)12(14)8-10;/h6,8,11H,4-5,7,15H2,1-3H3;1H. The van der Waals surface area contributed by atoms with Gasteiger partial charge in [-0.3, -0.25) is 0 Å². The Balaban J connectivity index is 0.00000256. The van der Waals surface area contributed by atoms with E-state index in [4.69, 9.17) is 22.1 Å². The molecule has 1 aromatic rings. The lowest BCUT2D eigenvalue weighted by Crippen LogP contribution is -2.21. The molecule has 0 aliphatic rings. The zero-order chi connectivity index (χ0) is 12.1. The first-order valence-corrected chi connectivity index (χ1v) is 6.13. The van der Waals surface area contributed by atoms with Crippen LogP contribution in [0.3, 0.4) is 0 Å². The fraction of sp³-hybridized carbons (Fsp3) is 0.538. The first-order valence-electron chi connectivity index (χ1n) is 5.75. The van der Waals surface area contributed by atoms with Gasteiger partial charge in [-0.25, -0.2) is 0 Å². The van der Waals surface area contributed by atoms with E-state index in [1.165, 1.54) is 5.56 Å². The number of ether oxygens (including phenoxy) is 1. The second-order valence-electron chi connectivity index (χ2n) is 4.03. The Labute approximate surface area is 115 Å². The summed E-state index contributed by atoms with van der Waals surface area (Å²) in [6.45, 7) is 6.69. The van der Waals surface area contributed by atoms with E-state index in [1.54, 1.807) is 0 Å². The number of hydrogen-bond acceptors (Lipinski definition) is 2. The van der Waals surface area contributed by atoms with Gasteiger partial charge in [-0.05, 0) is 43.9 Å². The molecule has 0 amide bonds. The van der Waals surface area contributed by atoms with Crippen LogP contribution in [0.25, 0.3) is 0 Å². The molecule has 1 unspecified atom stereocenters. The first kappa shape index (κ1) is 16.6. The smallest absolute Gasteiger partial charge is 0.140 e. The quantitative estimate of drug-likeness (QED) is 0.890. The summed E-state index contributed by atoms with van der Waals surface area (Å²) in [5.41, 5.74) is 8.18. The minimum atomic E-state index is 0. The molecule has 2 nitrogen and oxygen atoms in total. The monoisotopic (exact) mass is 277 g/mol. The molecule has 0 spiro atoms. The highest BCUT2D eigenvalue weighted by molar-refractivity contribution is 6.32. The molecule has 4 heteroatoms. The maximum atomic E-state index is 6.17. The molecule has 0 saturated carbocycles. The Morgan fingerprint density at radius 2 is 2.00 bits per heavy atom. The highest BCUT2D eigenvalue weighted by Gasteiger charge is 2.09. The van der Waals surface area contributed by atoms with Gasteiger partial charge in [0.15, 0.2) is 0 Å². The second kappa shape index (κ2) is 7.80. The SMILES string of the molecule is CCOc1c(C)cc(CC(N)CC)cc1Cl.Cl. The third-order valence-corrected chi connectivity index (χ3v) is 2.88. The number of benzene rings is 1. The fourth-order valence-electron chi connectivity index (χ4n) is 1.69. The summed E-state index contributed by atoms with van der Waals surface area (Å²) in [6, 6.07) is 4.26. The van der Waals surface area contributed by atoms with Crippen molar-refractivity contribution in [2.75, 3.05) is 6.61 Å². The number of rotatable bonds is 5. The van der Waals surface area contributed by atoms with Crippen molar-refractivity contribution >= 4 is 24.0 Å². The third kappa shape index (κ3) is 4.74. The van der Waals surface area contributed by atoms with Crippen molar-refractivity contribution in [1.82, 2.24) is 0 Å². The molecule has 0 heterocycles. The topological polar surface area (TPSA) is 35.2 Å². The molecule has 0 aliphatic heterocycles. The van der Waals surface area contributed by atoms with Crippen molar-refractivity contribution in [3.05, 3.63) is 28.3 Å². The maximum Gasteiger partial charge on any atom is 0.140 e. The molecule has 0 saturated heterocycles. The van der Waals surface area contributed by atoms with Crippen molar-refractivity contribution in [3.63, 3.8) is 0 Å². The number of hydrogen-bond donors (Lipinski definition) is 1. The Morgan fingerprint density at radius 1 is 1.35 bits per heavy atom. The van der Waals surface area contributed by atoms with Crippen molar-refractivity contribution in [2.24, 2.45) is 5.73 Å². The summed E-state index contributed by atoms with van der Waals surface area (Å²) < 4.78 is 5.49. The molecule has 0 aromatic heterocycles. The number of halogens is 2. The zero-order valence-corrected chi connectivity index (χ0v) is 12.2. The molecular formula is C13H21Cl2NO. The summed E-state index contributed by atoms with van der Waals surface area (Å²) in [4.78, 5) is 0. The summed E-state index contributed by atoms with van der Waals surface area (Å²) in [7, 11) is 0. The van der Waals surface area contributed by atoms with E-state index in [1.807, 2.05) is 19.9 Å². The third-order valence-electron chi connectivity index (χ3n) is 2.60. The Hall–Kier alpha value is -0.440. The Morgan fingerprint density at radius 3 is 2.47 bits per heavy atom. The van der Waals surface area contributed by atoms with Gasteiger partial charge in [0.25, 0.3) is 0 Å². The molecule has 0 aliphatic carbocycles. The minimum absolute atomic E-state index is 0. The van der Waals surface area contributed by atoms with Gasteiger partial charge in [0, 0.05) is 6.04 Å². The van der Waals surface area contributed by atoms with E-state index in [9.17, 15) is 0 Å². The largest absolute Gasteiger partial charge is 0.492 e. The average Bonchev–Trinajstić information content (AvgIpc) is 2.23. The van der Waals surface area contributed by atoms with Crippen LogP contribution < -0.4 is 10.5 Å². The summed E-state index contributed by atoms with van der Waals surface area (Å²) in [5.74, 6) is 0.790. The van der Waals surface area contributed by atoms with Gasteiger partial charge < -0.3 is 10.5 Å². The minimum Gasteiger partial charge on any atom is -0.492 e. The van der Waals surface area contributed by atoms with Crippen LogP contribution in [0.15, 0.2) is 12.1 Å². The van der Waals surface area contributed by atoms with Crippen molar-refractivity contribution < 1.29 is 4.74 Å². The van der Waals surface area contributed by atoms with Gasteiger partial charge in [-0.15, -0.1) is 12.4 Å². The van der Waals surface area contributed by atoms with Crippen molar-refractivity contribution in [2.45, 2.75) is 39.7 Å². The normalized spacial score (nSPS) is 11.8. The van der Waals surface area contributed by atoms with Crippen LogP contribution in [-0.2, 0) is 6.42 Å². The highest BCUT2D eigenvalue weighted by Crippen LogP contribution is 2.30. The lowest BCUT2D eigenvalue weighted by atomic mass is 10.0. The predicted molar refractivity (Wildman–Crippen MR) is 76.6 cm³/mol. The predicted octanol–water partition coefficient (Wildman–Crippen LogP) is 3.75. The van der Waals surface area contributed by atoms with Gasteiger partial charge in [-0.1, -0.05) is 24.6 Å². The van der Waals surface area contributed by atoms with E-state index in [0.29, 0.717) is 11.6 Å². The van der Waals surface area contributed by atoms with E-state index >= 15 is 0 Å². The van der Waals surface area contributed by atoms with E-state index in [0.717, 1.165) is 24.2 Å².